The maximum atomic E-state index is 13.8. The molecule has 9 heteroatoms. The molecule has 0 unspecified atom stereocenters. The van der Waals surface area contributed by atoms with Crippen LogP contribution in [0.1, 0.15) is 5.56 Å². The topological polar surface area (TPSA) is 64.0 Å². The Kier molecular flexibility index (Phi) is 6.45. The van der Waals surface area contributed by atoms with E-state index in [4.69, 9.17) is 0 Å². The van der Waals surface area contributed by atoms with Crippen LogP contribution in [0, 0.1) is 12.7 Å². The first kappa shape index (κ1) is 21.6. The van der Waals surface area contributed by atoms with E-state index in [1.165, 1.54) is 33.7 Å². The van der Waals surface area contributed by atoms with Gasteiger partial charge in [0.1, 0.15) is 10.5 Å². The summed E-state index contributed by atoms with van der Waals surface area (Å²) in [5.41, 5.74) is 2.01. The molecule has 1 amide bonds. The Morgan fingerprint density at radius 1 is 1.23 bits per heavy atom. The SMILES string of the molecule is CSc1cccc(NC(=O)CSc2nc3ccsc3c(=O)n2-c2ccc(F)c(C)c2)c1. The Morgan fingerprint density at radius 2 is 2.06 bits per heavy atom. The van der Waals surface area contributed by atoms with E-state index in [0.29, 0.717) is 32.3 Å². The summed E-state index contributed by atoms with van der Waals surface area (Å²) < 4.78 is 15.7. The quantitative estimate of drug-likeness (QED) is 0.303. The number of thiophene rings is 1. The number of fused-ring (bicyclic) bond motifs is 1. The smallest absolute Gasteiger partial charge is 0.276 e. The molecule has 2 heterocycles. The Bertz CT molecular complexity index is 1330. The molecule has 158 valence electrons. The number of aromatic nitrogens is 2. The van der Waals surface area contributed by atoms with Gasteiger partial charge in [-0.1, -0.05) is 17.8 Å². The van der Waals surface area contributed by atoms with Crippen LogP contribution in [0.3, 0.4) is 0 Å². The first-order valence-electron chi connectivity index (χ1n) is 9.30. The van der Waals surface area contributed by atoms with Gasteiger partial charge in [0.05, 0.1) is 17.0 Å². The van der Waals surface area contributed by atoms with Crippen LogP contribution in [0.15, 0.2) is 68.8 Å². The van der Waals surface area contributed by atoms with Crippen LogP contribution in [-0.4, -0.2) is 27.5 Å². The molecule has 2 aromatic carbocycles. The normalized spacial score (nSPS) is 11.1. The average Bonchev–Trinajstić information content (AvgIpc) is 3.24. The molecule has 0 aliphatic heterocycles. The van der Waals surface area contributed by atoms with Gasteiger partial charge in [0.2, 0.25) is 5.91 Å². The number of carbonyl (C=O) groups is 1. The van der Waals surface area contributed by atoms with Gasteiger partial charge >= 0.3 is 0 Å². The summed E-state index contributed by atoms with van der Waals surface area (Å²) in [5.74, 6) is -0.473. The molecule has 0 aliphatic carbocycles. The number of nitrogens with zero attached hydrogens (tertiary/aromatic N) is 2. The summed E-state index contributed by atoms with van der Waals surface area (Å²) in [5, 5.41) is 5.06. The highest BCUT2D eigenvalue weighted by atomic mass is 32.2. The summed E-state index contributed by atoms with van der Waals surface area (Å²) in [4.78, 5) is 31.3. The van der Waals surface area contributed by atoms with Crippen molar-refractivity contribution in [2.75, 3.05) is 17.3 Å². The van der Waals surface area contributed by atoms with Crippen molar-refractivity contribution < 1.29 is 9.18 Å². The predicted molar refractivity (Wildman–Crippen MR) is 127 cm³/mol. The molecule has 5 nitrogen and oxygen atoms in total. The van der Waals surface area contributed by atoms with Crippen LogP contribution in [0.25, 0.3) is 15.9 Å². The first-order chi connectivity index (χ1) is 15.0. The lowest BCUT2D eigenvalue weighted by Crippen LogP contribution is -2.22. The van der Waals surface area contributed by atoms with Gasteiger partial charge in [-0.25, -0.2) is 9.37 Å². The fraction of sp³-hybridized carbons (Fsp3) is 0.136. The predicted octanol–water partition coefficient (Wildman–Crippen LogP) is 5.35. The monoisotopic (exact) mass is 471 g/mol. The van der Waals surface area contributed by atoms with Crippen molar-refractivity contribution in [2.24, 2.45) is 0 Å². The largest absolute Gasteiger partial charge is 0.325 e. The number of hydrogen-bond acceptors (Lipinski definition) is 6. The van der Waals surface area contributed by atoms with Gasteiger partial charge in [0, 0.05) is 10.6 Å². The third-order valence-corrected chi connectivity index (χ3v) is 7.09. The van der Waals surface area contributed by atoms with E-state index < -0.39 is 0 Å². The molecule has 4 rings (SSSR count). The van der Waals surface area contributed by atoms with Crippen LogP contribution in [0.2, 0.25) is 0 Å². The van der Waals surface area contributed by atoms with Gasteiger partial charge in [-0.2, -0.15) is 0 Å². The summed E-state index contributed by atoms with van der Waals surface area (Å²) in [6, 6.07) is 13.8. The van der Waals surface area contributed by atoms with Crippen molar-refractivity contribution in [3.05, 3.63) is 75.6 Å². The number of amides is 1. The highest BCUT2D eigenvalue weighted by Crippen LogP contribution is 2.25. The first-order valence-corrected chi connectivity index (χ1v) is 12.4. The Labute approximate surface area is 190 Å². The molecule has 0 bridgehead atoms. The van der Waals surface area contributed by atoms with Crippen LogP contribution in [0.4, 0.5) is 10.1 Å². The summed E-state index contributed by atoms with van der Waals surface area (Å²) >= 11 is 4.07. The van der Waals surface area contributed by atoms with E-state index in [2.05, 4.69) is 10.3 Å². The molecule has 4 aromatic rings. The van der Waals surface area contributed by atoms with Gasteiger partial charge in [-0.15, -0.1) is 23.1 Å². The van der Waals surface area contributed by atoms with E-state index >= 15 is 0 Å². The molecular formula is C22H18FN3O2S3. The van der Waals surface area contributed by atoms with Crippen molar-refractivity contribution >= 4 is 56.7 Å². The van der Waals surface area contributed by atoms with Crippen molar-refractivity contribution in [1.82, 2.24) is 9.55 Å². The molecule has 1 N–H and O–H groups in total. The van der Waals surface area contributed by atoms with Crippen LogP contribution in [-0.2, 0) is 4.79 Å². The minimum atomic E-state index is -0.344. The third kappa shape index (κ3) is 4.68. The minimum Gasteiger partial charge on any atom is -0.325 e. The number of halogens is 1. The van der Waals surface area contributed by atoms with E-state index in [1.54, 1.807) is 42.3 Å². The average molecular weight is 472 g/mol. The molecule has 0 aliphatic rings. The zero-order valence-electron chi connectivity index (χ0n) is 16.7. The maximum absolute atomic E-state index is 13.8. The molecule has 31 heavy (non-hydrogen) atoms. The second kappa shape index (κ2) is 9.25. The third-order valence-electron chi connectivity index (χ3n) is 4.53. The van der Waals surface area contributed by atoms with E-state index in [0.717, 1.165) is 4.90 Å². The second-order valence-corrected chi connectivity index (χ2v) is 9.41. The molecule has 0 spiro atoms. The Morgan fingerprint density at radius 3 is 2.84 bits per heavy atom. The molecule has 0 atom stereocenters. The number of rotatable bonds is 6. The Balaban J connectivity index is 1.64. The van der Waals surface area contributed by atoms with Crippen LogP contribution in [0.5, 0.6) is 0 Å². The van der Waals surface area contributed by atoms with Crippen LogP contribution < -0.4 is 10.9 Å². The highest BCUT2D eigenvalue weighted by Gasteiger charge is 2.16. The molecule has 0 saturated carbocycles. The molecule has 0 radical (unpaired) electrons. The second-order valence-electron chi connectivity index (χ2n) is 6.67. The molecule has 0 fully saturated rings. The van der Waals surface area contributed by atoms with Crippen molar-refractivity contribution in [3.8, 4) is 5.69 Å². The summed E-state index contributed by atoms with van der Waals surface area (Å²) in [6.45, 7) is 1.64. The molecule has 0 saturated heterocycles. The Hall–Kier alpha value is -2.62. The van der Waals surface area contributed by atoms with Crippen LogP contribution >= 0.6 is 34.9 Å². The van der Waals surface area contributed by atoms with Gasteiger partial charge in [-0.05, 0) is 66.6 Å². The fourth-order valence-electron chi connectivity index (χ4n) is 3.01. The lowest BCUT2D eigenvalue weighted by Gasteiger charge is -2.13. The van der Waals surface area contributed by atoms with Gasteiger partial charge in [0.15, 0.2) is 5.16 Å². The number of carbonyl (C=O) groups excluding carboxylic acids is 1. The van der Waals surface area contributed by atoms with Gasteiger partial charge in [-0.3, -0.25) is 14.2 Å². The van der Waals surface area contributed by atoms with Gasteiger partial charge in [0.25, 0.3) is 5.56 Å². The number of anilines is 1. The maximum Gasteiger partial charge on any atom is 0.276 e. The van der Waals surface area contributed by atoms with E-state index in [-0.39, 0.29) is 23.0 Å². The number of nitrogens with one attached hydrogen (secondary N) is 1. The zero-order chi connectivity index (χ0) is 22.0. The number of thioether (sulfide) groups is 2. The zero-order valence-corrected chi connectivity index (χ0v) is 19.2. The summed E-state index contributed by atoms with van der Waals surface area (Å²) in [7, 11) is 0. The van der Waals surface area contributed by atoms with Crippen molar-refractivity contribution in [3.63, 3.8) is 0 Å². The number of hydrogen-bond donors (Lipinski definition) is 1. The summed E-state index contributed by atoms with van der Waals surface area (Å²) in [6.07, 6.45) is 1.97. The number of aryl methyl sites for hydroxylation is 1. The molecular weight excluding hydrogens is 453 g/mol. The highest BCUT2D eigenvalue weighted by molar-refractivity contribution is 7.99. The van der Waals surface area contributed by atoms with Crippen molar-refractivity contribution in [1.29, 1.82) is 0 Å². The lowest BCUT2D eigenvalue weighted by molar-refractivity contribution is -0.113. The molecule has 2 aromatic heterocycles. The minimum absolute atomic E-state index is 0.0752. The van der Waals surface area contributed by atoms with Crippen molar-refractivity contribution in [2.45, 2.75) is 17.0 Å². The van der Waals surface area contributed by atoms with E-state index in [9.17, 15) is 14.0 Å². The van der Waals surface area contributed by atoms with Gasteiger partial charge < -0.3 is 5.32 Å². The lowest BCUT2D eigenvalue weighted by atomic mass is 10.2. The number of benzene rings is 2. The van der Waals surface area contributed by atoms with E-state index in [1.807, 2.05) is 30.5 Å². The fourth-order valence-corrected chi connectivity index (χ4v) is 5.04. The standard InChI is InChI=1S/C22H18FN3O2S3/c1-13-10-15(6-7-17(13)23)26-21(28)20-18(8-9-30-20)25-22(26)31-12-19(27)24-14-4-3-5-16(11-14)29-2/h3-11H,12H2,1-2H3,(H,24,27).